The third-order valence-corrected chi connectivity index (χ3v) is 3.79. The van der Waals surface area contributed by atoms with Gasteiger partial charge in [0, 0.05) is 37.1 Å². The SMILES string of the molecule is Fc1ccccc1CN1CCCN(CCBr)CC1. The summed E-state index contributed by atoms with van der Waals surface area (Å²) >= 11 is 3.48. The highest BCUT2D eigenvalue weighted by Crippen LogP contribution is 2.12. The van der Waals surface area contributed by atoms with Crippen molar-refractivity contribution in [1.82, 2.24) is 9.80 Å². The maximum atomic E-state index is 13.6. The summed E-state index contributed by atoms with van der Waals surface area (Å²) in [5, 5.41) is 1.03. The van der Waals surface area contributed by atoms with Crippen LogP contribution in [0.5, 0.6) is 0 Å². The van der Waals surface area contributed by atoms with Crippen molar-refractivity contribution in [1.29, 1.82) is 0 Å². The van der Waals surface area contributed by atoms with Crippen molar-refractivity contribution in [3.05, 3.63) is 35.6 Å². The summed E-state index contributed by atoms with van der Waals surface area (Å²) in [6.07, 6.45) is 1.17. The standard InChI is InChI=1S/C14H20BrFN2/c15-6-9-17-7-3-8-18(11-10-17)12-13-4-1-2-5-14(13)16/h1-2,4-5H,3,6-12H2. The summed E-state index contributed by atoms with van der Waals surface area (Å²) in [6, 6.07) is 7.09. The van der Waals surface area contributed by atoms with Crippen molar-refractivity contribution in [2.75, 3.05) is 38.1 Å². The topological polar surface area (TPSA) is 6.48 Å². The van der Waals surface area contributed by atoms with Gasteiger partial charge in [-0.05, 0) is 25.6 Å². The Hall–Kier alpha value is -0.450. The van der Waals surface area contributed by atoms with Crippen LogP contribution in [0.3, 0.4) is 0 Å². The lowest BCUT2D eigenvalue weighted by Gasteiger charge is -2.21. The molecule has 0 N–H and O–H groups in total. The zero-order valence-corrected chi connectivity index (χ0v) is 12.2. The van der Waals surface area contributed by atoms with Gasteiger partial charge in [0.2, 0.25) is 0 Å². The summed E-state index contributed by atoms with van der Waals surface area (Å²) < 4.78 is 13.6. The van der Waals surface area contributed by atoms with Crippen LogP contribution in [0.4, 0.5) is 4.39 Å². The van der Waals surface area contributed by atoms with Gasteiger partial charge in [0.25, 0.3) is 0 Å². The van der Waals surface area contributed by atoms with Crippen LogP contribution in [0.15, 0.2) is 24.3 Å². The van der Waals surface area contributed by atoms with Crippen LogP contribution in [-0.2, 0) is 6.54 Å². The molecule has 1 aromatic rings. The van der Waals surface area contributed by atoms with Crippen molar-refractivity contribution in [2.24, 2.45) is 0 Å². The lowest BCUT2D eigenvalue weighted by atomic mass is 10.2. The van der Waals surface area contributed by atoms with E-state index in [-0.39, 0.29) is 5.82 Å². The van der Waals surface area contributed by atoms with E-state index >= 15 is 0 Å². The van der Waals surface area contributed by atoms with Gasteiger partial charge in [-0.25, -0.2) is 4.39 Å². The molecule has 0 unspecified atom stereocenters. The number of hydrogen-bond acceptors (Lipinski definition) is 2. The molecule has 2 nitrogen and oxygen atoms in total. The largest absolute Gasteiger partial charge is 0.301 e. The average Bonchev–Trinajstić information content (AvgIpc) is 2.59. The summed E-state index contributed by atoms with van der Waals surface area (Å²) in [6.45, 7) is 6.16. The Kier molecular flexibility index (Phi) is 5.60. The van der Waals surface area contributed by atoms with Gasteiger partial charge < -0.3 is 4.90 Å². The molecule has 1 heterocycles. The Bertz CT molecular complexity index is 373. The molecule has 0 aromatic heterocycles. The lowest BCUT2D eigenvalue weighted by Crippen LogP contribution is -2.31. The van der Waals surface area contributed by atoms with Crippen molar-refractivity contribution in [3.63, 3.8) is 0 Å². The molecule has 0 aliphatic carbocycles. The van der Waals surface area contributed by atoms with Crippen molar-refractivity contribution in [3.8, 4) is 0 Å². The quantitative estimate of drug-likeness (QED) is 0.788. The van der Waals surface area contributed by atoms with Crippen molar-refractivity contribution < 1.29 is 4.39 Å². The second-order valence-electron chi connectivity index (χ2n) is 4.75. The highest BCUT2D eigenvalue weighted by Gasteiger charge is 2.15. The molecule has 1 aromatic carbocycles. The Balaban J connectivity index is 1.89. The van der Waals surface area contributed by atoms with Crippen molar-refractivity contribution >= 4 is 15.9 Å². The van der Waals surface area contributed by atoms with Crippen LogP contribution in [0, 0.1) is 5.82 Å². The van der Waals surface area contributed by atoms with E-state index in [0.29, 0.717) is 0 Å². The predicted octanol–water partition coefficient (Wildman–Crippen LogP) is 2.73. The molecule has 0 bridgehead atoms. The molecule has 4 heteroatoms. The molecule has 1 aliphatic rings. The first-order valence-corrected chi connectivity index (χ1v) is 7.66. The second-order valence-corrected chi connectivity index (χ2v) is 5.54. The van der Waals surface area contributed by atoms with E-state index in [9.17, 15) is 4.39 Å². The van der Waals surface area contributed by atoms with Gasteiger partial charge in [-0.1, -0.05) is 34.1 Å². The Morgan fingerprint density at radius 1 is 1.06 bits per heavy atom. The second kappa shape index (κ2) is 7.22. The highest BCUT2D eigenvalue weighted by molar-refractivity contribution is 9.09. The first-order chi connectivity index (χ1) is 8.79. The lowest BCUT2D eigenvalue weighted by molar-refractivity contribution is 0.256. The fraction of sp³-hybridized carbons (Fsp3) is 0.571. The average molecular weight is 315 g/mol. The number of nitrogens with zero attached hydrogens (tertiary/aromatic N) is 2. The first kappa shape index (κ1) is 14.0. The highest BCUT2D eigenvalue weighted by atomic mass is 79.9. The Morgan fingerprint density at radius 2 is 1.78 bits per heavy atom. The minimum atomic E-state index is -0.0842. The van der Waals surface area contributed by atoms with E-state index in [4.69, 9.17) is 0 Å². The van der Waals surface area contributed by atoms with E-state index in [1.54, 1.807) is 12.1 Å². The van der Waals surface area contributed by atoms with E-state index < -0.39 is 0 Å². The molecule has 1 saturated heterocycles. The van der Waals surface area contributed by atoms with Gasteiger partial charge in [0.15, 0.2) is 0 Å². The van der Waals surface area contributed by atoms with Gasteiger partial charge in [0.05, 0.1) is 0 Å². The van der Waals surface area contributed by atoms with E-state index in [2.05, 4.69) is 25.7 Å². The summed E-state index contributed by atoms with van der Waals surface area (Å²) in [5.41, 5.74) is 0.812. The van der Waals surface area contributed by atoms with Crippen LogP contribution in [0.1, 0.15) is 12.0 Å². The smallest absolute Gasteiger partial charge is 0.127 e. The Morgan fingerprint density at radius 3 is 2.56 bits per heavy atom. The molecule has 2 rings (SSSR count). The molecule has 1 aliphatic heterocycles. The van der Waals surface area contributed by atoms with E-state index in [1.165, 1.54) is 6.42 Å². The monoisotopic (exact) mass is 314 g/mol. The number of benzene rings is 1. The van der Waals surface area contributed by atoms with Gasteiger partial charge >= 0.3 is 0 Å². The van der Waals surface area contributed by atoms with Gasteiger partial charge in [-0.15, -0.1) is 0 Å². The minimum absolute atomic E-state index is 0.0842. The third-order valence-electron chi connectivity index (χ3n) is 3.43. The molecule has 100 valence electrons. The molecule has 1 fully saturated rings. The van der Waals surface area contributed by atoms with Gasteiger partial charge in [0.1, 0.15) is 5.82 Å². The van der Waals surface area contributed by atoms with E-state index in [1.807, 2.05) is 12.1 Å². The molecule has 18 heavy (non-hydrogen) atoms. The molecular formula is C14H20BrFN2. The molecule has 0 atom stereocenters. The zero-order chi connectivity index (χ0) is 12.8. The molecule has 0 amide bonds. The maximum absolute atomic E-state index is 13.6. The Labute approximate surface area is 117 Å². The van der Waals surface area contributed by atoms with Crippen molar-refractivity contribution in [2.45, 2.75) is 13.0 Å². The van der Waals surface area contributed by atoms with Crippen LogP contribution in [-0.4, -0.2) is 47.9 Å². The fourth-order valence-electron chi connectivity index (χ4n) is 2.39. The predicted molar refractivity (Wildman–Crippen MR) is 76.5 cm³/mol. The van der Waals surface area contributed by atoms with Crippen LogP contribution < -0.4 is 0 Å². The van der Waals surface area contributed by atoms with Gasteiger partial charge in [-0.3, -0.25) is 4.90 Å². The van der Waals surface area contributed by atoms with Gasteiger partial charge in [-0.2, -0.15) is 0 Å². The summed E-state index contributed by atoms with van der Waals surface area (Å²) in [5.74, 6) is -0.0842. The minimum Gasteiger partial charge on any atom is -0.301 e. The number of rotatable bonds is 4. The number of halogens is 2. The molecular weight excluding hydrogens is 295 g/mol. The molecule has 0 radical (unpaired) electrons. The number of alkyl halides is 1. The normalized spacial score (nSPS) is 18.8. The number of hydrogen-bond donors (Lipinski definition) is 0. The zero-order valence-electron chi connectivity index (χ0n) is 10.6. The van der Waals surface area contributed by atoms with Crippen LogP contribution in [0.2, 0.25) is 0 Å². The van der Waals surface area contributed by atoms with E-state index in [0.717, 1.165) is 50.2 Å². The molecule has 0 spiro atoms. The summed E-state index contributed by atoms with van der Waals surface area (Å²) in [4.78, 5) is 4.82. The van der Waals surface area contributed by atoms with Crippen LogP contribution in [0.25, 0.3) is 0 Å². The van der Waals surface area contributed by atoms with Crippen LogP contribution >= 0.6 is 15.9 Å². The fourth-order valence-corrected chi connectivity index (χ4v) is 2.89. The molecule has 0 saturated carbocycles. The third kappa shape index (κ3) is 4.04. The maximum Gasteiger partial charge on any atom is 0.127 e. The summed E-state index contributed by atoms with van der Waals surface area (Å²) in [7, 11) is 0. The first-order valence-electron chi connectivity index (χ1n) is 6.53.